The smallest absolute Gasteiger partial charge is 0.0579 e. The molecule has 1 aliphatic carbocycles. The second-order valence-corrected chi connectivity index (χ2v) is 5.62. The zero-order valence-electron chi connectivity index (χ0n) is 9.55. The van der Waals surface area contributed by atoms with Crippen LogP contribution in [0, 0.1) is 5.92 Å². The Labute approximate surface area is 97.8 Å². The fourth-order valence-corrected chi connectivity index (χ4v) is 3.19. The molecule has 1 aliphatic heterocycles. The Morgan fingerprint density at radius 2 is 2.40 bits per heavy atom. The molecule has 0 aromatic carbocycles. The Hall–Kier alpha value is -0.0100. The summed E-state index contributed by atoms with van der Waals surface area (Å²) in [7, 11) is 0. The molecule has 2 aliphatic rings. The van der Waals surface area contributed by atoms with E-state index in [4.69, 9.17) is 16.3 Å². The van der Waals surface area contributed by atoms with Crippen LogP contribution in [0.15, 0.2) is 11.6 Å². The van der Waals surface area contributed by atoms with Crippen LogP contribution in [0.3, 0.4) is 0 Å². The molecular formula is C13H21ClO. The number of hydrogen-bond donors (Lipinski definition) is 0. The molecule has 3 unspecified atom stereocenters. The Kier molecular flexibility index (Phi) is 4.10. The van der Waals surface area contributed by atoms with Gasteiger partial charge in [0.25, 0.3) is 0 Å². The van der Waals surface area contributed by atoms with Crippen molar-refractivity contribution in [3.63, 3.8) is 0 Å². The van der Waals surface area contributed by atoms with Crippen LogP contribution in [0.25, 0.3) is 0 Å². The molecule has 1 heterocycles. The molecule has 1 nitrogen and oxygen atoms in total. The Balaban J connectivity index is 1.78. The highest BCUT2D eigenvalue weighted by Gasteiger charge is 2.20. The van der Waals surface area contributed by atoms with Gasteiger partial charge >= 0.3 is 0 Å². The number of ether oxygens (including phenoxy) is 1. The van der Waals surface area contributed by atoms with E-state index in [1.54, 1.807) is 5.57 Å². The van der Waals surface area contributed by atoms with E-state index >= 15 is 0 Å². The molecule has 86 valence electrons. The summed E-state index contributed by atoms with van der Waals surface area (Å²) in [5, 5.41) is 0.272. The average molecular weight is 229 g/mol. The largest absolute Gasteiger partial charge is 0.378 e. The van der Waals surface area contributed by atoms with Crippen LogP contribution in [-0.2, 0) is 4.74 Å². The van der Waals surface area contributed by atoms with E-state index in [1.165, 1.54) is 32.1 Å². The quantitative estimate of drug-likeness (QED) is 0.526. The van der Waals surface area contributed by atoms with Gasteiger partial charge in [-0.05, 0) is 44.4 Å². The van der Waals surface area contributed by atoms with Gasteiger partial charge in [0.15, 0.2) is 0 Å². The minimum absolute atomic E-state index is 0.272. The average Bonchev–Trinajstić information content (AvgIpc) is 2.65. The Morgan fingerprint density at radius 1 is 1.53 bits per heavy atom. The minimum atomic E-state index is 0.272. The van der Waals surface area contributed by atoms with E-state index in [1.807, 2.05) is 0 Å². The van der Waals surface area contributed by atoms with Crippen LogP contribution < -0.4 is 0 Å². The van der Waals surface area contributed by atoms with E-state index in [-0.39, 0.29) is 5.38 Å². The van der Waals surface area contributed by atoms with Crippen molar-refractivity contribution in [2.75, 3.05) is 6.61 Å². The lowest BCUT2D eigenvalue weighted by atomic mass is 9.87. The van der Waals surface area contributed by atoms with Gasteiger partial charge in [0, 0.05) is 6.61 Å². The molecule has 1 saturated heterocycles. The lowest BCUT2D eigenvalue weighted by molar-refractivity contribution is 0.104. The molecule has 0 radical (unpaired) electrons. The fraction of sp³-hybridized carbons (Fsp3) is 0.846. The Bertz CT molecular complexity index is 231. The second kappa shape index (κ2) is 5.36. The third-order valence-corrected chi connectivity index (χ3v) is 3.77. The van der Waals surface area contributed by atoms with Crippen LogP contribution in [0.1, 0.15) is 45.4 Å². The van der Waals surface area contributed by atoms with Crippen molar-refractivity contribution >= 4 is 11.6 Å². The summed E-state index contributed by atoms with van der Waals surface area (Å²) in [4.78, 5) is 0. The van der Waals surface area contributed by atoms with Crippen molar-refractivity contribution in [2.45, 2.75) is 56.9 Å². The number of rotatable bonds is 3. The van der Waals surface area contributed by atoms with Crippen molar-refractivity contribution < 1.29 is 4.74 Å². The monoisotopic (exact) mass is 228 g/mol. The topological polar surface area (TPSA) is 9.23 Å². The van der Waals surface area contributed by atoms with E-state index in [2.05, 4.69) is 13.0 Å². The van der Waals surface area contributed by atoms with Crippen molar-refractivity contribution in [3.05, 3.63) is 11.6 Å². The predicted molar refractivity (Wildman–Crippen MR) is 64.3 cm³/mol. The molecule has 0 bridgehead atoms. The summed E-state index contributed by atoms with van der Waals surface area (Å²) >= 11 is 6.19. The fourth-order valence-electron chi connectivity index (χ4n) is 2.71. The Morgan fingerprint density at radius 3 is 3.07 bits per heavy atom. The van der Waals surface area contributed by atoms with Crippen molar-refractivity contribution in [1.29, 1.82) is 0 Å². The first-order chi connectivity index (χ1) is 7.24. The van der Waals surface area contributed by atoms with Gasteiger partial charge in [0.1, 0.15) is 0 Å². The first-order valence-electron chi connectivity index (χ1n) is 6.19. The van der Waals surface area contributed by atoms with Gasteiger partial charge in [0.05, 0.1) is 11.5 Å². The third kappa shape index (κ3) is 3.49. The maximum atomic E-state index is 6.19. The summed E-state index contributed by atoms with van der Waals surface area (Å²) < 4.78 is 5.64. The van der Waals surface area contributed by atoms with E-state index in [9.17, 15) is 0 Å². The van der Waals surface area contributed by atoms with Crippen LogP contribution in [0.2, 0.25) is 0 Å². The minimum Gasteiger partial charge on any atom is -0.378 e. The standard InChI is InChI=1S/C13H21ClO/c1-10-7-11(9-12(14)8-10)4-5-13-3-2-6-15-13/h9-10,12-13H,2-8H2,1H3. The number of allylic oxidation sites excluding steroid dienone is 2. The molecule has 2 heteroatoms. The predicted octanol–water partition coefficient (Wildman–Crippen LogP) is 3.91. The van der Waals surface area contributed by atoms with Crippen LogP contribution in [0.5, 0.6) is 0 Å². The highest BCUT2D eigenvalue weighted by Crippen LogP contribution is 2.30. The molecular weight excluding hydrogens is 208 g/mol. The molecule has 0 spiro atoms. The van der Waals surface area contributed by atoms with Crippen molar-refractivity contribution in [2.24, 2.45) is 5.92 Å². The van der Waals surface area contributed by atoms with Crippen molar-refractivity contribution in [1.82, 2.24) is 0 Å². The summed E-state index contributed by atoms with van der Waals surface area (Å²) in [5.41, 5.74) is 1.56. The zero-order valence-corrected chi connectivity index (χ0v) is 10.3. The van der Waals surface area contributed by atoms with E-state index in [0.717, 1.165) is 18.9 Å². The molecule has 2 rings (SSSR count). The summed E-state index contributed by atoms with van der Waals surface area (Å²) in [6.45, 7) is 3.27. The molecule has 0 aromatic rings. The SMILES string of the molecule is CC1CC(CCC2CCCO2)=CC(Cl)C1. The third-order valence-electron chi connectivity index (χ3n) is 3.47. The second-order valence-electron chi connectivity index (χ2n) is 5.06. The van der Waals surface area contributed by atoms with Crippen LogP contribution >= 0.6 is 11.6 Å². The molecule has 0 aromatic heterocycles. The summed E-state index contributed by atoms with van der Waals surface area (Å²) in [6.07, 6.45) is 10.1. The summed E-state index contributed by atoms with van der Waals surface area (Å²) in [6, 6.07) is 0. The van der Waals surface area contributed by atoms with Gasteiger partial charge in [-0.25, -0.2) is 0 Å². The number of alkyl halides is 1. The summed E-state index contributed by atoms with van der Waals surface area (Å²) in [5.74, 6) is 0.761. The van der Waals surface area contributed by atoms with Crippen LogP contribution in [0.4, 0.5) is 0 Å². The lowest BCUT2D eigenvalue weighted by Gasteiger charge is -2.23. The van der Waals surface area contributed by atoms with Gasteiger partial charge in [-0.15, -0.1) is 11.6 Å². The van der Waals surface area contributed by atoms with Gasteiger partial charge in [0.2, 0.25) is 0 Å². The number of halogens is 1. The van der Waals surface area contributed by atoms with E-state index < -0.39 is 0 Å². The maximum absolute atomic E-state index is 6.19. The molecule has 0 amide bonds. The van der Waals surface area contributed by atoms with Gasteiger partial charge in [-0.3, -0.25) is 0 Å². The normalized spacial score (nSPS) is 36.7. The maximum Gasteiger partial charge on any atom is 0.0579 e. The van der Waals surface area contributed by atoms with Crippen LogP contribution in [-0.4, -0.2) is 18.1 Å². The zero-order chi connectivity index (χ0) is 10.7. The van der Waals surface area contributed by atoms with Gasteiger partial charge < -0.3 is 4.74 Å². The lowest BCUT2D eigenvalue weighted by Crippen LogP contribution is -2.13. The molecule has 15 heavy (non-hydrogen) atoms. The molecule has 0 saturated carbocycles. The molecule has 3 atom stereocenters. The van der Waals surface area contributed by atoms with E-state index in [0.29, 0.717) is 6.10 Å². The van der Waals surface area contributed by atoms with Gasteiger partial charge in [-0.2, -0.15) is 0 Å². The van der Waals surface area contributed by atoms with Crippen molar-refractivity contribution in [3.8, 4) is 0 Å². The highest BCUT2D eigenvalue weighted by molar-refractivity contribution is 6.21. The molecule has 1 fully saturated rings. The number of hydrogen-bond acceptors (Lipinski definition) is 1. The van der Waals surface area contributed by atoms with Gasteiger partial charge in [-0.1, -0.05) is 18.6 Å². The highest BCUT2D eigenvalue weighted by atomic mass is 35.5. The molecule has 0 N–H and O–H groups in total. The first kappa shape index (κ1) is 11.5. The first-order valence-corrected chi connectivity index (χ1v) is 6.63.